The summed E-state index contributed by atoms with van der Waals surface area (Å²) in [5.41, 5.74) is 4.60. The average molecular weight is 337 g/mol. The number of nitrogens with zero attached hydrogens (tertiary/aromatic N) is 3. The minimum Gasteiger partial charge on any atom is -0.324 e. The van der Waals surface area contributed by atoms with Gasteiger partial charge in [-0.15, -0.1) is 0 Å². The lowest BCUT2D eigenvalue weighted by Crippen LogP contribution is -2.20. The second kappa shape index (κ2) is 6.13. The van der Waals surface area contributed by atoms with Crippen LogP contribution >= 0.6 is 11.6 Å². The maximum absolute atomic E-state index is 6.00. The number of aryl methyl sites for hydroxylation is 1. The van der Waals surface area contributed by atoms with Crippen molar-refractivity contribution in [2.75, 3.05) is 5.32 Å². The second-order valence-corrected chi connectivity index (χ2v) is 6.22. The number of halogens is 1. The van der Waals surface area contributed by atoms with Crippen LogP contribution in [0.25, 0.3) is 5.70 Å². The Bertz CT molecular complexity index is 878. The van der Waals surface area contributed by atoms with Crippen LogP contribution in [0, 0.1) is 0 Å². The Morgan fingerprint density at radius 3 is 2.54 bits per heavy atom. The summed E-state index contributed by atoms with van der Waals surface area (Å²) >= 11 is 6.00. The lowest BCUT2D eigenvalue weighted by molar-refractivity contribution is 0.611. The molecule has 0 amide bonds. The maximum atomic E-state index is 6.00. The van der Waals surface area contributed by atoms with E-state index >= 15 is 0 Å². The number of hydrogen-bond donors (Lipinski definition) is 1. The number of rotatable bonds is 3. The molecule has 0 saturated carbocycles. The van der Waals surface area contributed by atoms with Crippen LogP contribution in [0.5, 0.6) is 0 Å². The van der Waals surface area contributed by atoms with E-state index in [-0.39, 0.29) is 6.04 Å². The first kappa shape index (κ1) is 15.0. The fourth-order valence-electron chi connectivity index (χ4n) is 2.92. The Labute approximate surface area is 145 Å². The van der Waals surface area contributed by atoms with Crippen molar-refractivity contribution in [3.05, 3.63) is 82.6 Å². The van der Waals surface area contributed by atoms with Crippen molar-refractivity contribution in [2.45, 2.75) is 19.4 Å². The van der Waals surface area contributed by atoms with Crippen LogP contribution < -0.4 is 5.32 Å². The van der Waals surface area contributed by atoms with Gasteiger partial charge in [0.05, 0.1) is 0 Å². The molecule has 1 N–H and O–H groups in total. The number of benzene rings is 2. The van der Waals surface area contributed by atoms with Crippen LogP contribution in [0.4, 0.5) is 5.95 Å². The summed E-state index contributed by atoms with van der Waals surface area (Å²) in [5, 5.41) is 8.45. The van der Waals surface area contributed by atoms with Crippen LogP contribution in [0.3, 0.4) is 0 Å². The van der Waals surface area contributed by atoms with Gasteiger partial charge >= 0.3 is 0 Å². The molecule has 0 spiro atoms. The molecule has 3 aromatic rings. The molecular weight excluding hydrogens is 320 g/mol. The Morgan fingerprint density at radius 1 is 1.08 bits per heavy atom. The van der Waals surface area contributed by atoms with Gasteiger partial charge in [0, 0.05) is 10.7 Å². The van der Waals surface area contributed by atoms with Gasteiger partial charge < -0.3 is 5.32 Å². The quantitative estimate of drug-likeness (QED) is 0.763. The summed E-state index contributed by atoms with van der Waals surface area (Å²) in [6.45, 7) is 2.16. The van der Waals surface area contributed by atoms with E-state index in [1.807, 2.05) is 28.9 Å². The van der Waals surface area contributed by atoms with Crippen molar-refractivity contribution in [3.8, 4) is 0 Å². The standard InChI is InChI=1S/C19H17ClN4/c1-2-13-3-5-15(6-4-13)18-11-17(14-7-9-16(20)10-8-14)23-19-21-12-22-24(18)19/h3-12,18H,2H2,1H3,(H,21,22,23)/t18-/m0/s1. The number of fused-ring (bicyclic) bond motifs is 1. The molecule has 24 heavy (non-hydrogen) atoms. The third-order valence-electron chi connectivity index (χ3n) is 4.29. The van der Waals surface area contributed by atoms with Crippen molar-refractivity contribution in [1.82, 2.24) is 14.8 Å². The third kappa shape index (κ3) is 2.69. The van der Waals surface area contributed by atoms with Crippen molar-refractivity contribution in [3.63, 3.8) is 0 Å². The number of aromatic nitrogens is 3. The molecule has 0 aliphatic carbocycles. The summed E-state index contributed by atoms with van der Waals surface area (Å²) in [7, 11) is 0. The molecular formula is C19H17ClN4. The molecule has 120 valence electrons. The highest BCUT2D eigenvalue weighted by Gasteiger charge is 2.23. The van der Waals surface area contributed by atoms with E-state index in [0.29, 0.717) is 0 Å². The van der Waals surface area contributed by atoms with Crippen molar-refractivity contribution >= 4 is 23.2 Å². The van der Waals surface area contributed by atoms with Gasteiger partial charge in [-0.3, -0.25) is 0 Å². The molecule has 0 radical (unpaired) electrons. The zero-order chi connectivity index (χ0) is 16.5. The highest BCUT2D eigenvalue weighted by Crippen LogP contribution is 2.32. The fraction of sp³-hybridized carbons (Fsp3) is 0.158. The van der Waals surface area contributed by atoms with E-state index in [9.17, 15) is 0 Å². The fourth-order valence-corrected chi connectivity index (χ4v) is 3.05. The first-order valence-corrected chi connectivity index (χ1v) is 8.35. The van der Waals surface area contributed by atoms with Crippen LogP contribution in [0.1, 0.15) is 29.7 Å². The average Bonchev–Trinajstić information content (AvgIpc) is 3.10. The number of allylic oxidation sites excluding steroid dienone is 1. The molecule has 2 aromatic carbocycles. The summed E-state index contributed by atoms with van der Waals surface area (Å²) in [6, 6.07) is 16.5. The highest BCUT2D eigenvalue weighted by atomic mass is 35.5. The first-order chi connectivity index (χ1) is 11.7. The Hall–Kier alpha value is -2.59. The normalized spacial score (nSPS) is 16.2. The molecule has 2 heterocycles. The Morgan fingerprint density at radius 2 is 1.83 bits per heavy atom. The molecule has 4 nitrogen and oxygen atoms in total. The molecule has 1 aliphatic heterocycles. The lowest BCUT2D eigenvalue weighted by atomic mass is 10.00. The van der Waals surface area contributed by atoms with E-state index < -0.39 is 0 Å². The Balaban J connectivity index is 1.77. The van der Waals surface area contributed by atoms with Crippen molar-refractivity contribution < 1.29 is 0 Å². The van der Waals surface area contributed by atoms with Crippen molar-refractivity contribution in [1.29, 1.82) is 0 Å². The molecule has 0 saturated heterocycles. The van der Waals surface area contributed by atoms with Crippen LogP contribution in [-0.2, 0) is 6.42 Å². The van der Waals surface area contributed by atoms with E-state index in [4.69, 9.17) is 11.6 Å². The zero-order valence-corrected chi connectivity index (χ0v) is 14.0. The van der Waals surface area contributed by atoms with Gasteiger partial charge in [0.2, 0.25) is 5.95 Å². The summed E-state index contributed by atoms with van der Waals surface area (Å²) in [5.74, 6) is 0.743. The number of hydrogen-bond acceptors (Lipinski definition) is 3. The highest BCUT2D eigenvalue weighted by molar-refractivity contribution is 6.30. The third-order valence-corrected chi connectivity index (χ3v) is 4.54. The van der Waals surface area contributed by atoms with Crippen LogP contribution in [0.15, 0.2) is 60.9 Å². The van der Waals surface area contributed by atoms with Gasteiger partial charge in [-0.25, -0.2) is 4.68 Å². The molecule has 0 fully saturated rings. The molecule has 4 rings (SSSR count). The molecule has 0 bridgehead atoms. The van der Waals surface area contributed by atoms with Gasteiger partial charge in [0.15, 0.2) is 0 Å². The first-order valence-electron chi connectivity index (χ1n) is 7.97. The molecule has 1 aliphatic rings. The van der Waals surface area contributed by atoms with E-state index in [1.54, 1.807) is 6.33 Å². The number of anilines is 1. The summed E-state index contributed by atoms with van der Waals surface area (Å²) < 4.78 is 1.90. The van der Waals surface area contributed by atoms with Gasteiger partial charge in [0.1, 0.15) is 12.4 Å². The SMILES string of the molecule is CCc1ccc([C@@H]2C=C(c3ccc(Cl)cc3)Nc3ncnn32)cc1. The topological polar surface area (TPSA) is 42.7 Å². The summed E-state index contributed by atoms with van der Waals surface area (Å²) in [4.78, 5) is 4.33. The largest absolute Gasteiger partial charge is 0.324 e. The molecule has 1 aromatic heterocycles. The van der Waals surface area contributed by atoms with Gasteiger partial charge in [0.25, 0.3) is 0 Å². The predicted octanol–water partition coefficient (Wildman–Crippen LogP) is 4.55. The molecule has 0 unspecified atom stereocenters. The van der Waals surface area contributed by atoms with Crippen molar-refractivity contribution in [2.24, 2.45) is 0 Å². The van der Waals surface area contributed by atoms with Gasteiger partial charge in [-0.05, 0) is 41.3 Å². The van der Waals surface area contributed by atoms with E-state index in [1.165, 1.54) is 11.1 Å². The summed E-state index contributed by atoms with van der Waals surface area (Å²) in [6.07, 6.45) is 4.78. The number of nitrogens with one attached hydrogen (secondary N) is 1. The van der Waals surface area contributed by atoms with Gasteiger partial charge in [-0.2, -0.15) is 10.1 Å². The smallest absolute Gasteiger partial charge is 0.226 e. The van der Waals surface area contributed by atoms with Crippen LogP contribution in [0.2, 0.25) is 5.02 Å². The minimum absolute atomic E-state index is 0.0142. The predicted molar refractivity (Wildman–Crippen MR) is 97.0 cm³/mol. The van der Waals surface area contributed by atoms with Gasteiger partial charge in [-0.1, -0.05) is 54.9 Å². The van der Waals surface area contributed by atoms with E-state index in [0.717, 1.165) is 28.7 Å². The maximum Gasteiger partial charge on any atom is 0.226 e. The lowest BCUT2D eigenvalue weighted by Gasteiger charge is -2.24. The van der Waals surface area contributed by atoms with Crippen LogP contribution in [-0.4, -0.2) is 14.8 Å². The Kier molecular flexibility index (Phi) is 3.82. The molecule has 1 atom stereocenters. The minimum atomic E-state index is 0.0142. The monoisotopic (exact) mass is 336 g/mol. The zero-order valence-electron chi connectivity index (χ0n) is 13.3. The van der Waals surface area contributed by atoms with E-state index in [2.05, 4.69) is 52.7 Å². The second-order valence-electron chi connectivity index (χ2n) is 5.78. The molecule has 5 heteroatoms.